The van der Waals surface area contributed by atoms with Crippen LogP contribution < -0.4 is 9.47 Å². The fraction of sp³-hybridized carbons (Fsp3) is 0.350. The van der Waals surface area contributed by atoms with Crippen LogP contribution in [0.2, 0.25) is 5.02 Å². The van der Waals surface area contributed by atoms with Crippen LogP contribution in [0.4, 0.5) is 0 Å². The molecule has 0 bridgehead atoms. The van der Waals surface area contributed by atoms with Gasteiger partial charge in [0.15, 0.2) is 5.16 Å². The summed E-state index contributed by atoms with van der Waals surface area (Å²) < 4.78 is 10.9. The summed E-state index contributed by atoms with van der Waals surface area (Å²) in [6, 6.07) is 3.76. The van der Waals surface area contributed by atoms with Crippen molar-refractivity contribution in [1.29, 1.82) is 0 Å². The van der Waals surface area contributed by atoms with E-state index >= 15 is 0 Å². The standard InChI is InChI=1S/C20H22ClN3O2S/c1-10(2)18-19-12(9-22-20(24-19)27-6)7-13(23-18)16-11(3)14(25-4)8-15(26-5)17(16)21/h7-10H,1-6H3. The molecule has 0 saturated carbocycles. The van der Waals surface area contributed by atoms with E-state index in [1.807, 2.05) is 25.4 Å². The van der Waals surface area contributed by atoms with E-state index < -0.39 is 0 Å². The minimum Gasteiger partial charge on any atom is -0.496 e. The number of ether oxygens (including phenoxy) is 2. The Bertz CT molecular complexity index is 980. The zero-order valence-corrected chi connectivity index (χ0v) is 17.8. The first-order valence-electron chi connectivity index (χ1n) is 8.54. The van der Waals surface area contributed by atoms with Crippen molar-refractivity contribution in [3.8, 4) is 22.8 Å². The number of benzene rings is 1. The van der Waals surface area contributed by atoms with Gasteiger partial charge in [-0.1, -0.05) is 37.2 Å². The summed E-state index contributed by atoms with van der Waals surface area (Å²) in [6.07, 6.45) is 3.80. The van der Waals surface area contributed by atoms with Gasteiger partial charge >= 0.3 is 0 Å². The van der Waals surface area contributed by atoms with Crippen molar-refractivity contribution in [3.63, 3.8) is 0 Å². The second-order valence-corrected chi connectivity index (χ2v) is 7.59. The number of methoxy groups -OCH3 is 2. The minimum absolute atomic E-state index is 0.198. The maximum Gasteiger partial charge on any atom is 0.187 e. The van der Waals surface area contributed by atoms with Crippen LogP contribution in [-0.4, -0.2) is 35.4 Å². The maximum absolute atomic E-state index is 6.65. The van der Waals surface area contributed by atoms with Crippen LogP contribution in [0.25, 0.3) is 22.2 Å². The van der Waals surface area contributed by atoms with Crippen molar-refractivity contribution in [2.24, 2.45) is 0 Å². The fourth-order valence-corrected chi connectivity index (χ4v) is 3.75. The first-order chi connectivity index (χ1) is 12.9. The maximum atomic E-state index is 6.65. The Morgan fingerprint density at radius 2 is 1.78 bits per heavy atom. The van der Waals surface area contributed by atoms with Crippen LogP contribution in [0.5, 0.6) is 11.5 Å². The van der Waals surface area contributed by atoms with E-state index in [4.69, 9.17) is 26.1 Å². The van der Waals surface area contributed by atoms with Gasteiger partial charge in [-0.25, -0.2) is 9.97 Å². The molecule has 3 aromatic rings. The summed E-state index contributed by atoms with van der Waals surface area (Å²) in [6.45, 7) is 6.17. The van der Waals surface area contributed by atoms with Gasteiger partial charge < -0.3 is 9.47 Å². The third-order valence-corrected chi connectivity index (χ3v) is 5.38. The highest BCUT2D eigenvalue weighted by molar-refractivity contribution is 7.98. The number of rotatable bonds is 5. The van der Waals surface area contributed by atoms with Crippen LogP contribution in [0, 0.1) is 6.92 Å². The van der Waals surface area contributed by atoms with Crippen molar-refractivity contribution >= 4 is 34.3 Å². The lowest BCUT2D eigenvalue weighted by Gasteiger charge is -2.17. The van der Waals surface area contributed by atoms with Crippen molar-refractivity contribution in [1.82, 2.24) is 15.0 Å². The summed E-state index contributed by atoms with van der Waals surface area (Å²) in [4.78, 5) is 14.0. The van der Waals surface area contributed by atoms with E-state index in [1.165, 1.54) is 11.8 Å². The minimum atomic E-state index is 0.198. The first kappa shape index (κ1) is 19.7. The van der Waals surface area contributed by atoms with Crippen molar-refractivity contribution < 1.29 is 9.47 Å². The molecule has 5 nitrogen and oxygen atoms in total. The molecule has 0 fully saturated rings. The summed E-state index contributed by atoms with van der Waals surface area (Å²) in [5.41, 5.74) is 4.25. The van der Waals surface area contributed by atoms with Crippen molar-refractivity contribution in [2.45, 2.75) is 31.8 Å². The van der Waals surface area contributed by atoms with Crippen LogP contribution in [-0.2, 0) is 0 Å². The van der Waals surface area contributed by atoms with Gasteiger partial charge in [-0.15, -0.1) is 0 Å². The lowest BCUT2D eigenvalue weighted by atomic mass is 10.00. The summed E-state index contributed by atoms with van der Waals surface area (Å²) >= 11 is 8.17. The quantitative estimate of drug-likeness (QED) is 0.413. The molecule has 0 N–H and O–H groups in total. The molecule has 2 aromatic heterocycles. The number of hydrogen-bond donors (Lipinski definition) is 0. The van der Waals surface area contributed by atoms with Gasteiger partial charge in [0.05, 0.1) is 36.1 Å². The van der Waals surface area contributed by atoms with Crippen molar-refractivity contribution in [2.75, 3.05) is 20.5 Å². The average molecular weight is 404 g/mol. The number of fused-ring (bicyclic) bond motifs is 1. The Morgan fingerprint density at radius 1 is 1.07 bits per heavy atom. The summed E-state index contributed by atoms with van der Waals surface area (Å²) in [5.74, 6) is 1.45. The normalized spacial score (nSPS) is 11.3. The van der Waals surface area contributed by atoms with Gasteiger partial charge in [0.1, 0.15) is 11.5 Å². The van der Waals surface area contributed by atoms with Crippen molar-refractivity contribution in [3.05, 3.63) is 34.6 Å². The van der Waals surface area contributed by atoms with E-state index in [2.05, 4.69) is 23.8 Å². The Morgan fingerprint density at radius 3 is 2.37 bits per heavy atom. The zero-order valence-electron chi connectivity index (χ0n) is 16.3. The van der Waals surface area contributed by atoms with Gasteiger partial charge in [-0.05, 0) is 25.2 Å². The summed E-state index contributed by atoms with van der Waals surface area (Å²) in [5, 5.41) is 2.17. The lowest BCUT2D eigenvalue weighted by molar-refractivity contribution is 0.393. The van der Waals surface area contributed by atoms with E-state index in [1.54, 1.807) is 20.3 Å². The third kappa shape index (κ3) is 3.56. The predicted octanol–water partition coefficient (Wildman–Crippen LogP) is 5.52. The number of nitrogens with zero attached hydrogens (tertiary/aromatic N) is 3. The van der Waals surface area contributed by atoms with Crippen LogP contribution >= 0.6 is 23.4 Å². The Labute approximate surface area is 168 Å². The molecule has 0 aliphatic carbocycles. The monoisotopic (exact) mass is 403 g/mol. The molecule has 0 aliphatic rings. The molecule has 0 radical (unpaired) electrons. The van der Waals surface area contributed by atoms with E-state index in [0.29, 0.717) is 16.5 Å². The molecular formula is C20H22ClN3O2S. The smallest absolute Gasteiger partial charge is 0.187 e. The molecule has 7 heteroatoms. The lowest BCUT2D eigenvalue weighted by Crippen LogP contribution is -2.02. The molecule has 0 unspecified atom stereocenters. The van der Waals surface area contributed by atoms with Gasteiger partial charge in [0.2, 0.25) is 0 Å². The molecule has 0 atom stereocenters. The highest BCUT2D eigenvalue weighted by atomic mass is 35.5. The number of hydrogen-bond acceptors (Lipinski definition) is 6. The Kier molecular flexibility index (Phi) is 5.77. The molecular weight excluding hydrogens is 382 g/mol. The third-order valence-electron chi connectivity index (χ3n) is 4.44. The number of aromatic nitrogens is 3. The summed E-state index contributed by atoms with van der Waals surface area (Å²) in [7, 11) is 3.22. The fourth-order valence-electron chi connectivity index (χ4n) is 3.04. The van der Waals surface area contributed by atoms with Crippen LogP contribution in [0.3, 0.4) is 0 Å². The predicted molar refractivity (Wildman–Crippen MR) is 111 cm³/mol. The van der Waals surface area contributed by atoms with Gasteiger partial charge in [-0.3, -0.25) is 4.98 Å². The van der Waals surface area contributed by atoms with Crippen LogP contribution in [0.1, 0.15) is 31.0 Å². The molecule has 3 rings (SSSR count). The zero-order chi connectivity index (χ0) is 19.7. The topological polar surface area (TPSA) is 57.1 Å². The van der Waals surface area contributed by atoms with E-state index in [0.717, 1.165) is 38.6 Å². The molecule has 0 aliphatic heterocycles. The molecule has 0 amide bonds. The van der Waals surface area contributed by atoms with Gasteiger partial charge in [0.25, 0.3) is 0 Å². The average Bonchev–Trinajstić information content (AvgIpc) is 2.67. The number of thioether (sulfide) groups is 1. The number of halogens is 1. The molecule has 0 saturated heterocycles. The first-order valence-corrected chi connectivity index (χ1v) is 10.1. The molecule has 1 aromatic carbocycles. The SMILES string of the molecule is COc1cc(OC)c(Cl)c(-c2cc3cnc(SC)nc3c(C(C)C)n2)c1C. The highest BCUT2D eigenvalue weighted by Gasteiger charge is 2.21. The van der Waals surface area contributed by atoms with Gasteiger partial charge in [0, 0.05) is 28.8 Å². The Hall–Kier alpha value is -2.05. The molecule has 2 heterocycles. The van der Waals surface area contributed by atoms with E-state index in [-0.39, 0.29) is 5.92 Å². The Balaban J connectivity index is 2.36. The van der Waals surface area contributed by atoms with Gasteiger partial charge in [-0.2, -0.15) is 0 Å². The molecule has 142 valence electrons. The largest absolute Gasteiger partial charge is 0.496 e. The molecule has 27 heavy (non-hydrogen) atoms. The second kappa shape index (κ2) is 7.90. The second-order valence-electron chi connectivity index (χ2n) is 6.44. The highest BCUT2D eigenvalue weighted by Crippen LogP contribution is 2.43. The van der Waals surface area contributed by atoms with Crippen LogP contribution in [0.15, 0.2) is 23.5 Å². The number of pyridine rings is 1. The molecule has 0 spiro atoms. The van der Waals surface area contributed by atoms with E-state index in [9.17, 15) is 0 Å².